The van der Waals surface area contributed by atoms with E-state index in [1.165, 1.54) is 28.4 Å². The van der Waals surface area contributed by atoms with Crippen LogP contribution in [0.25, 0.3) is 88.8 Å². The zero-order valence-corrected chi connectivity index (χ0v) is 73.6. The number of alkyl halides is 1. The number of amides is 7. The van der Waals surface area contributed by atoms with Crippen LogP contribution in [0.4, 0.5) is 23.6 Å². The number of fused-ring (bicyclic) bond motifs is 2. The maximum atomic E-state index is 13.9. The number of carboxylic acid groups (broad SMARTS) is 1. The highest BCUT2D eigenvalue weighted by Crippen LogP contribution is 2.60. The Morgan fingerprint density at radius 1 is 0.480 bits per heavy atom. The molecule has 4 aromatic heterocycles. The van der Waals surface area contributed by atoms with Crippen LogP contribution in [0.15, 0.2) is 146 Å². The summed E-state index contributed by atoms with van der Waals surface area (Å²) in [5.41, 5.74) is 12.2. The number of methoxy groups -OCH3 is 4. The molecule has 6 aliphatic rings. The number of aromatic nitrogens is 8. The molecule has 16 rings (SSSR count). The van der Waals surface area contributed by atoms with E-state index in [1.54, 1.807) is 18.0 Å². The van der Waals surface area contributed by atoms with Gasteiger partial charge in [-0.3, -0.25) is 18.8 Å². The summed E-state index contributed by atoms with van der Waals surface area (Å²) in [5, 5.41) is 45.5. The second-order valence-electron chi connectivity index (χ2n) is 33.6. The van der Waals surface area contributed by atoms with Crippen LogP contribution in [0.2, 0.25) is 0 Å². The van der Waals surface area contributed by atoms with Gasteiger partial charge in [0.25, 0.3) is 0 Å². The molecule has 2 saturated carbocycles. The highest BCUT2D eigenvalue weighted by molar-refractivity contribution is 5.93. The number of likely N-dealkylation sites (tertiary alicyclic amines) is 3. The van der Waals surface area contributed by atoms with E-state index in [9.17, 15) is 53.3 Å². The van der Waals surface area contributed by atoms with Crippen molar-refractivity contribution < 1.29 is 68.2 Å². The van der Waals surface area contributed by atoms with E-state index < -0.39 is 67.7 Å². The van der Waals surface area contributed by atoms with Crippen LogP contribution in [0.5, 0.6) is 0 Å². The van der Waals surface area contributed by atoms with Gasteiger partial charge in [0.1, 0.15) is 47.5 Å². The number of nitrogens with zero attached hydrogens (tertiary/aromatic N) is 9. The van der Waals surface area contributed by atoms with Gasteiger partial charge in [-0.05, 0) is 166 Å². The van der Waals surface area contributed by atoms with E-state index in [0.717, 1.165) is 151 Å². The lowest BCUT2D eigenvalue weighted by Gasteiger charge is -2.30. The number of ether oxygens (including phenoxy) is 4. The maximum absolute atomic E-state index is 13.9. The van der Waals surface area contributed by atoms with Gasteiger partial charge in [-0.15, -0.1) is 0 Å². The van der Waals surface area contributed by atoms with Gasteiger partial charge < -0.3 is 85.3 Å². The summed E-state index contributed by atoms with van der Waals surface area (Å²) >= 11 is 0. The standard InChI is InChI=1S/C46H51N9O6.C40H42N8O3.C6H11NO4.C2H6.CH3F/c1-6-34(52-44(58)60-4)42(56)54-24-27(21-47)17-37(54)40-48-23-36(51-40)33-14-13-31-18-30(11-12-32(31)19-33)28-7-9-29(10-8-28)35-22-49-41(50-35)38-20-46(15-16-46)25-55(38)43(57)39(26(2)3)53-45(59)61-5;1-23(2)35(47-39(50)51-3)38(49)48-22-40(12-13-40)17-34(48)37-44-20-32(46-37)26-6-4-25(5-7-26)27-8-9-29-16-30(11-10-28(29)15-27)33-21-43-36(45-33)31-14-24(18-41)19-42-31;1-3-4(5(8)9)7-6(10)11-2;2*1-2/h7-14,18-19,22-23,26-27,34,37-39H,6,15-17,20,24-25H2,1-5H3,(H,48,51)(H,49,50)(H,52,58)(H,53,59);4-11,15-16,20-21,23-24,31,34-35,42H,12-14,17,19,22H2,1-3H3,(H,43,45)(H,44,46)(H,47,50);4H,3H2,1-2H3,(H,7,10)(H,8,9);1-2H3;1H3/t27-,34+,37+,38+,39+;24-,31+,34+,35+;4-;;/m110../s1/i;;;;1D. The van der Waals surface area contributed by atoms with Crippen LogP contribution < -0.4 is 26.6 Å². The summed E-state index contributed by atoms with van der Waals surface area (Å²) in [6.45, 7) is 17.4. The molecular formula is C95H113FN18O13. The number of carbonyl (C=O) groups is 8. The van der Waals surface area contributed by atoms with Crippen molar-refractivity contribution in [3.05, 3.63) is 169 Å². The number of nitrogens with one attached hydrogen (secondary N) is 9. The monoisotopic (exact) mass is 1730 g/mol. The lowest BCUT2D eigenvalue weighted by atomic mass is 9.98. The minimum Gasteiger partial charge on any atom is -0.480 e. The smallest absolute Gasteiger partial charge is 0.407 e. The summed E-state index contributed by atoms with van der Waals surface area (Å²) < 4.78 is 34.0. The van der Waals surface area contributed by atoms with E-state index in [1.807, 2.05) is 82.9 Å². The first kappa shape index (κ1) is 91.2. The molecular weight excluding hydrogens is 1620 g/mol. The van der Waals surface area contributed by atoms with E-state index >= 15 is 0 Å². The summed E-state index contributed by atoms with van der Waals surface area (Å²) in [4.78, 5) is 136. The molecule has 2 spiro atoms. The van der Waals surface area contributed by atoms with Crippen molar-refractivity contribution in [2.24, 2.45) is 34.5 Å². The first-order chi connectivity index (χ1) is 61.7. The van der Waals surface area contributed by atoms with Gasteiger partial charge in [-0.1, -0.05) is 152 Å². The average Bonchev–Trinajstić information content (AvgIpc) is 1.58. The molecule has 2 aliphatic carbocycles. The highest BCUT2D eigenvalue weighted by atomic mass is 19.1. The topological polar surface area (TPSA) is 426 Å². The molecule has 31 nitrogen and oxygen atoms in total. The van der Waals surface area contributed by atoms with Crippen LogP contribution in [-0.2, 0) is 38.1 Å². The number of aliphatic carboxylic acids is 1. The van der Waals surface area contributed by atoms with Gasteiger partial charge >= 0.3 is 30.3 Å². The minimum atomic E-state index is -1.06. The quantitative estimate of drug-likeness (QED) is 0.0282. The van der Waals surface area contributed by atoms with Crippen LogP contribution in [0.3, 0.4) is 0 Å². The predicted molar refractivity (Wildman–Crippen MR) is 477 cm³/mol. The Labute approximate surface area is 738 Å². The summed E-state index contributed by atoms with van der Waals surface area (Å²) in [7, 11) is 4.05. The molecule has 4 saturated heterocycles. The number of halogens is 1. The predicted octanol–water partition coefficient (Wildman–Crippen LogP) is 16.0. The largest absolute Gasteiger partial charge is 0.480 e. The highest BCUT2D eigenvalue weighted by Gasteiger charge is 2.57. The third-order valence-electron chi connectivity index (χ3n) is 24.7. The number of H-pyrrole nitrogens is 4. The van der Waals surface area contributed by atoms with Crippen molar-refractivity contribution in [1.29, 1.82) is 10.5 Å². The van der Waals surface area contributed by atoms with E-state index in [-0.39, 0.29) is 76.9 Å². The van der Waals surface area contributed by atoms with Crippen LogP contribution in [-0.4, -0.2) is 194 Å². The number of carbonyl (C=O) groups excluding carboxylic acids is 7. The fraction of sp³-hybridized carbons (Fsp3) is 0.432. The lowest BCUT2D eigenvalue weighted by Crippen LogP contribution is -2.51. The fourth-order valence-electron chi connectivity index (χ4n) is 17.1. The van der Waals surface area contributed by atoms with E-state index in [4.69, 9.17) is 30.7 Å². The number of rotatable bonds is 22. The number of imidazole rings is 4. The Balaban J connectivity index is 0.000000201. The second-order valence-corrected chi connectivity index (χ2v) is 33.6. The number of hydrogen-bond acceptors (Lipinski definition) is 19. The maximum Gasteiger partial charge on any atom is 0.407 e. The summed E-state index contributed by atoms with van der Waals surface area (Å²) in [6, 6.07) is 43.2. The Hall–Kier alpha value is -13.5. The van der Waals surface area contributed by atoms with Crippen molar-refractivity contribution in [3.8, 4) is 79.4 Å². The first-order valence-electron chi connectivity index (χ1n) is 43.8. The Morgan fingerprint density at radius 3 is 1.18 bits per heavy atom. The molecule has 0 unspecified atom stereocenters. The summed E-state index contributed by atoms with van der Waals surface area (Å²) in [6.07, 6.45) is 12.7. The van der Waals surface area contributed by atoms with Crippen molar-refractivity contribution in [2.75, 3.05) is 61.8 Å². The molecule has 10 N–H and O–H groups in total. The van der Waals surface area contributed by atoms with Crippen LogP contribution in [0, 0.1) is 57.2 Å². The molecule has 32 heteroatoms. The molecule has 0 bridgehead atoms. The van der Waals surface area contributed by atoms with Crippen molar-refractivity contribution in [1.82, 2.24) is 81.2 Å². The van der Waals surface area contributed by atoms with Crippen molar-refractivity contribution in [3.63, 3.8) is 0 Å². The van der Waals surface area contributed by atoms with E-state index in [0.29, 0.717) is 44.7 Å². The third kappa shape index (κ3) is 21.4. The number of alkyl carbamates (subject to hydrolysis) is 4. The number of benzene rings is 6. The van der Waals surface area contributed by atoms with E-state index in [2.05, 4.69) is 189 Å². The third-order valence-corrected chi connectivity index (χ3v) is 24.7. The molecule has 8 heterocycles. The van der Waals surface area contributed by atoms with Gasteiger partial charge in [0.2, 0.25) is 17.7 Å². The number of carboxylic acids is 1. The average molecular weight is 1740 g/mol. The summed E-state index contributed by atoms with van der Waals surface area (Å²) in [5.74, 6) is 0.904. The molecule has 6 aromatic carbocycles. The van der Waals surface area contributed by atoms with Gasteiger partial charge in [0.05, 0.1) is 133 Å². The van der Waals surface area contributed by atoms with Gasteiger partial charge in [0.15, 0.2) is 0 Å². The number of hydrogen-bond donors (Lipinski definition) is 10. The van der Waals surface area contributed by atoms with Crippen LogP contribution >= 0.6 is 0 Å². The first-order valence-corrected chi connectivity index (χ1v) is 43.1. The molecule has 10 aromatic rings. The van der Waals surface area contributed by atoms with Gasteiger partial charge in [-0.2, -0.15) is 10.5 Å². The SMILES string of the molecule is CC.CC[C@H](NC(=O)OC)C(=O)N1C[C@@H](C#N)C[C@H]1c1ncc(-c2ccc3cc(-c4ccc(-c5cnc([C@@H]6CC7(CC7)CN6C(=O)[C@@H](NC(=O)OC)C(C)C)[nH]5)cc4)ccc3c2)[nH]1.CC[C@H](NC(=O)OC)C(=O)O.COC(=O)N[C@H](C(=O)N1CC2(CC2)C[C@H]1c1ncc(-c2ccc(-c3ccc4cc(-c5cnc([C@@H]6C[C@H](C#N)CN6)[nH]5)ccc4c3)cc2)[nH]1)C(C)C.[2H]CF. The number of aromatic amines is 4. The molecule has 7 amide bonds. The minimum absolute atomic E-state index is 0.0253. The normalized spacial score (nSPS) is 19.4. The van der Waals surface area contributed by atoms with Gasteiger partial charge in [-0.25, -0.2) is 43.9 Å². The molecule has 127 heavy (non-hydrogen) atoms. The Bertz CT molecular complexity index is 5690. The molecule has 6 fully saturated rings. The molecule has 668 valence electrons. The van der Waals surface area contributed by atoms with Crippen molar-refractivity contribution >= 4 is 69.6 Å². The van der Waals surface area contributed by atoms with Gasteiger partial charge in [0, 0.05) is 37.3 Å². The zero-order chi connectivity index (χ0) is 91.8. The number of nitriles is 2. The molecule has 0 radical (unpaired) electrons. The lowest BCUT2D eigenvalue weighted by molar-refractivity contribution is -0.139. The fourth-order valence-corrected chi connectivity index (χ4v) is 17.1. The Morgan fingerprint density at radius 2 is 0.819 bits per heavy atom. The Kier molecular flexibility index (Phi) is 29.5. The molecule has 4 aliphatic heterocycles. The molecule has 10 atom stereocenters. The van der Waals surface area contributed by atoms with Crippen molar-refractivity contribution in [2.45, 2.75) is 168 Å². The second kappa shape index (κ2) is 41.1. The zero-order valence-electron chi connectivity index (χ0n) is 74.6. The van der Waals surface area contributed by atoms with Crippen LogP contribution in [0.1, 0.15) is 168 Å².